The lowest BCUT2D eigenvalue weighted by Gasteiger charge is -2.13. The van der Waals surface area contributed by atoms with Crippen LogP contribution in [0.2, 0.25) is 0 Å². The second kappa shape index (κ2) is 13.8. The number of allylic oxidation sites excluding steroid dienone is 1. The van der Waals surface area contributed by atoms with Crippen LogP contribution < -0.4 is 21.7 Å². The first-order valence-corrected chi connectivity index (χ1v) is 11.9. The highest BCUT2D eigenvalue weighted by molar-refractivity contribution is 7.28. The predicted octanol–water partition coefficient (Wildman–Crippen LogP) is 4.28. The fraction of sp³-hybridized carbons (Fsp3) is 0.400. The van der Waals surface area contributed by atoms with Crippen LogP contribution in [0.3, 0.4) is 0 Å². The summed E-state index contributed by atoms with van der Waals surface area (Å²) in [5, 5.41) is 7.11. The fourth-order valence-corrected chi connectivity index (χ4v) is 3.93. The van der Waals surface area contributed by atoms with Gasteiger partial charge in [0.05, 0.1) is 5.69 Å². The number of nitrogens with two attached hydrogens (primary N) is 1. The van der Waals surface area contributed by atoms with E-state index in [4.69, 9.17) is 5.73 Å². The maximum Gasteiger partial charge on any atom is 0.164 e. The molecule has 0 amide bonds. The molecule has 2 rings (SSSR count). The van der Waals surface area contributed by atoms with Gasteiger partial charge in [0.1, 0.15) is 18.2 Å². The molecule has 0 saturated carbocycles. The van der Waals surface area contributed by atoms with Gasteiger partial charge in [-0.15, -0.1) is 9.24 Å². The zero-order chi connectivity index (χ0) is 24.2. The second-order valence-corrected chi connectivity index (χ2v) is 8.69. The van der Waals surface area contributed by atoms with Crippen LogP contribution in [0.4, 0.5) is 15.9 Å². The maximum atomic E-state index is 14.7. The predicted molar refractivity (Wildman–Crippen MR) is 143 cm³/mol. The normalized spacial score (nSPS) is 13.1. The van der Waals surface area contributed by atoms with Gasteiger partial charge in [-0.1, -0.05) is 26.3 Å². The van der Waals surface area contributed by atoms with Crippen molar-refractivity contribution in [2.24, 2.45) is 21.6 Å². The Hall–Kier alpha value is -2.63. The molecule has 178 valence electrons. The van der Waals surface area contributed by atoms with E-state index in [0.29, 0.717) is 17.3 Å². The molecular weight excluding hydrogens is 434 g/mol. The summed E-state index contributed by atoms with van der Waals surface area (Å²) >= 11 is 0. The van der Waals surface area contributed by atoms with Crippen LogP contribution in [0.15, 0.2) is 52.5 Å². The van der Waals surface area contributed by atoms with Gasteiger partial charge in [-0.05, 0) is 80.1 Å². The Kier molecular flexibility index (Phi) is 11.1. The van der Waals surface area contributed by atoms with E-state index in [2.05, 4.69) is 61.5 Å². The molecule has 1 aromatic heterocycles. The molecule has 33 heavy (non-hydrogen) atoms. The van der Waals surface area contributed by atoms with Crippen molar-refractivity contribution < 1.29 is 4.39 Å². The lowest BCUT2D eigenvalue weighted by molar-refractivity contribution is 0.559. The Balaban J connectivity index is 2.23. The van der Waals surface area contributed by atoms with Crippen LogP contribution in [-0.4, -0.2) is 37.7 Å². The highest BCUT2D eigenvalue weighted by Gasteiger charge is 2.15. The quantitative estimate of drug-likeness (QED) is 0.232. The lowest BCUT2D eigenvalue weighted by atomic mass is 10.0. The van der Waals surface area contributed by atoms with E-state index in [1.54, 1.807) is 0 Å². The summed E-state index contributed by atoms with van der Waals surface area (Å²) in [6, 6.07) is 7.73. The van der Waals surface area contributed by atoms with Gasteiger partial charge in [-0.25, -0.2) is 9.37 Å². The largest absolute Gasteiger partial charge is 0.402 e. The summed E-state index contributed by atoms with van der Waals surface area (Å²) in [5.41, 5.74) is 9.32. The molecule has 0 radical (unpaired) electrons. The highest BCUT2D eigenvalue weighted by atomic mass is 31.0. The number of benzene rings is 1. The van der Waals surface area contributed by atoms with Crippen molar-refractivity contribution in [1.82, 2.24) is 10.3 Å². The molecule has 2 atom stereocenters. The molecule has 0 spiro atoms. The van der Waals surface area contributed by atoms with E-state index < -0.39 is 5.83 Å². The Labute approximate surface area is 199 Å². The van der Waals surface area contributed by atoms with Crippen LogP contribution >= 0.6 is 9.24 Å². The number of aliphatic imine (C=N–C) groups is 2. The minimum Gasteiger partial charge on any atom is -0.402 e. The average Bonchev–Trinajstić information content (AvgIpc) is 2.82. The summed E-state index contributed by atoms with van der Waals surface area (Å²) in [5.74, 6) is 0.726. The number of nitrogens with zero attached hydrogens (tertiary/aromatic N) is 3. The first-order valence-electron chi connectivity index (χ1n) is 11.3. The van der Waals surface area contributed by atoms with E-state index in [1.165, 1.54) is 5.56 Å². The van der Waals surface area contributed by atoms with Crippen molar-refractivity contribution in [1.29, 1.82) is 0 Å². The molecule has 8 heteroatoms. The highest BCUT2D eigenvalue weighted by Crippen LogP contribution is 2.24. The van der Waals surface area contributed by atoms with E-state index in [0.717, 1.165) is 55.0 Å². The number of anilines is 1. The molecule has 2 unspecified atom stereocenters. The number of hydrogen-bond acceptors (Lipinski definition) is 6. The summed E-state index contributed by atoms with van der Waals surface area (Å²) in [7, 11) is 4.57. The standard InChI is InChI=1S/C25H36FN6P/c1-5-17(2)11-18-8-9-23(30-15-18)31-16-32-24(21(26)14-27)20-12-19(7-6-10-28-3)25(29-4)22(33)13-20/h8-9,12-15,17,28H,4-7,10-11,16,27,33H2,1-3H3,(H,30,31)/b21-14+,32-24-. The van der Waals surface area contributed by atoms with Gasteiger partial charge in [0.25, 0.3) is 0 Å². The van der Waals surface area contributed by atoms with Crippen molar-refractivity contribution in [2.75, 3.05) is 25.6 Å². The molecule has 2 aromatic rings. The third-order valence-corrected chi connectivity index (χ3v) is 5.94. The number of nitrogens with one attached hydrogen (secondary N) is 2. The third kappa shape index (κ3) is 8.02. The molecule has 0 fully saturated rings. The zero-order valence-electron chi connectivity index (χ0n) is 19.9. The summed E-state index contributed by atoms with van der Waals surface area (Å²) in [6.45, 7) is 9.14. The average molecular weight is 471 g/mol. The van der Waals surface area contributed by atoms with Gasteiger partial charge in [-0.3, -0.25) is 9.98 Å². The monoisotopic (exact) mass is 470 g/mol. The molecule has 0 aliphatic rings. The van der Waals surface area contributed by atoms with E-state index in [9.17, 15) is 4.39 Å². The molecule has 0 bridgehead atoms. The second-order valence-electron chi connectivity index (χ2n) is 8.06. The number of pyridine rings is 1. The van der Waals surface area contributed by atoms with E-state index in [-0.39, 0.29) is 12.4 Å². The minimum atomic E-state index is -0.585. The summed E-state index contributed by atoms with van der Waals surface area (Å²) < 4.78 is 14.7. The molecule has 0 aliphatic heterocycles. The molecule has 1 aromatic carbocycles. The Morgan fingerprint density at radius 1 is 1.36 bits per heavy atom. The topological polar surface area (TPSA) is 87.7 Å². The smallest absolute Gasteiger partial charge is 0.164 e. The SMILES string of the molecule is C=Nc1c(P)cc(C(=N/CNc2ccc(CC(C)CC)cn2)/C(F)=C\N)cc1CCCNC. The van der Waals surface area contributed by atoms with Gasteiger partial charge in [0.15, 0.2) is 5.83 Å². The van der Waals surface area contributed by atoms with Crippen molar-refractivity contribution >= 4 is 38.5 Å². The number of halogens is 1. The molecule has 0 saturated heterocycles. The van der Waals surface area contributed by atoms with Gasteiger partial charge < -0.3 is 16.4 Å². The van der Waals surface area contributed by atoms with Crippen LogP contribution in [0.25, 0.3) is 0 Å². The lowest BCUT2D eigenvalue weighted by Crippen LogP contribution is -2.13. The van der Waals surface area contributed by atoms with Crippen LogP contribution in [0.5, 0.6) is 0 Å². The first kappa shape index (κ1) is 26.6. The zero-order valence-corrected chi connectivity index (χ0v) is 21.0. The van der Waals surface area contributed by atoms with E-state index >= 15 is 0 Å². The van der Waals surface area contributed by atoms with Crippen LogP contribution in [0.1, 0.15) is 43.4 Å². The Morgan fingerprint density at radius 2 is 2.15 bits per heavy atom. The van der Waals surface area contributed by atoms with Crippen molar-refractivity contribution in [2.45, 2.75) is 39.5 Å². The minimum absolute atomic E-state index is 0.164. The number of rotatable bonds is 13. The fourth-order valence-electron chi connectivity index (χ4n) is 3.47. The summed E-state index contributed by atoms with van der Waals surface area (Å²) in [6.07, 6.45) is 6.66. The molecule has 1 heterocycles. The number of aromatic nitrogens is 1. The molecular formula is C25H36FN6P. The van der Waals surface area contributed by atoms with Crippen molar-refractivity contribution in [3.8, 4) is 0 Å². The van der Waals surface area contributed by atoms with E-state index in [1.807, 2.05) is 31.4 Å². The van der Waals surface area contributed by atoms with Gasteiger partial charge in [0.2, 0.25) is 0 Å². The molecule has 4 N–H and O–H groups in total. The number of aryl methyl sites for hydroxylation is 1. The molecule has 0 aliphatic carbocycles. The van der Waals surface area contributed by atoms with Crippen molar-refractivity contribution in [3.63, 3.8) is 0 Å². The number of hydrogen-bond donors (Lipinski definition) is 3. The van der Waals surface area contributed by atoms with Gasteiger partial charge in [0, 0.05) is 18.0 Å². The third-order valence-electron chi connectivity index (χ3n) is 5.50. The van der Waals surface area contributed by atoms with Crippen LogP contribution in [0, 0.1) is 5.92 Å². The Bertz CT molecular complexity index is 972. The maximum absolute atomic E-state index is 14.7. The Morgan fingerprint density at radius 3 is 2.76 bits per heavy atom. The molecule has 6 nitrogen and oxygen atoms in total. The van der Waals surface area contributed by atoms with Gasteiger partial charge in [-0.2, -0.15) is 0 Å². The van der Waals surface area contributed by atoms with Crippen molar-refractivity contribution in [3.05, 3.63) is 59.2 Å². The first-order chi connectivity index (χ1) is 15.9. The summed E-state index contributed by atoms with van der Waals surface area (Å²) in [4.78, 5) is 13.1. The van der Waals surface area contributed by atoms with Gasteiger partial charge >= 0.3 is 0 Å². The van der Waals surface area contributed by atoms with Crippen LogP contribution in [-0.2, 0) is 12.8 Å².